The maximum Gasteiger partial charge on any atom is 0.122 e. The molecule has 0 aliphatic carbocycles. The molecule has 3 N–H and O–H groups in total. The van der Waals surface area contributed by atoms with Gasteiger partial charge in [0.15, 0.2) is 0 Å². The summed E-state index contributed by atoms with van der Waals surface area (Å²) in [6.45, 7) is 9.16. The predicted molar refractivity (Wildman–Crippen MR) is 87.2 cm³/mol. The minimum atomic E-state index is -0.0494. The highest BCUT2D eigenvalue weighted by Gasteiger charge is 2.20. The summed E-state index contributed by atoms with van der Waals surface area (Å²) < 4.78 is 0. The molecule has 0 aliphatic heterocycles. The van der Waals surface area contributed by atoms with Crippen molar-refractivity contribution in [3.63, 3.8) is 0 Å². The van der Waals surface area contributed by atoms with Crippen LogP contribution in [0.2, 0.25) is 0 Å². The molecule has 0 atom stereocenters. The second-order valence-corrected chi connectivity index (χ2v) is 6.77. The molecule has 0 saturated heterocycles. The number of phenols is 1. The fraction of sp³-hybridized carbons (Fsp3) is 0.667. The van der Waals surface area contributed by atoms with E-state index in [2.05, 4.69) is 39.8 Å². The van der Waals surface area contributed by atoms with Crippen LogP contribution < -0.4 is 5.73 Å². The van der Waals surface area contributed by atoms with Crippen LogP contribution in [0.5, 0.6) is 5.75 Å². The SMILES string of the molecule is CCCCCCCc1cc(CN)cc(C(C)(C)C)c1O. The van der Waals surface area contributed by atoms with Crippen molar-refractivity contribution in [2.24, 2.45) is 5.73 Å². The Kier molecular flexibility index (Phi) is 6.54. The van der Waals surface area contributed by atoms with Crippen molar-refractivity contribution < 1.29 is 5.11 Å². The number of phenolic OH excluding ortho intramolecular Hbond substituents is 1. The van der Waals surface area contributed by atoms with Crippen molar-refractivity contribution >= 4 is 0 Å². The number of unbranched alkanes of at least 4 members (excludes halogenated alkanes) is 4. The molecule has 20 heavy (non-hydrogen) atoms. The Balaban J connectivity index is 2.84. The monoisotopic (exact) mass is 277 g/mol. The highest BCUT2D eigenvalue weighted by atomic mass is 16.3. The number of hydrogen-bond acceptors (Lipinski definition) is 2. The molecular weight excluding hydrogens is 246 g/mol. The summed E-state index contributed by atoms with van der Waals surface area (Å²) in [5, 5.41) is 10.5. The first-order valence-electron chi connectivity index (χ1n) is 7.95. The molecule has 0 aromatic heterocycles. The molecule has 1 rings (SSSR count). The Morgan fingerprint density at radius 1 is 1.05 bits per heavy atom. The van der Waals surface area contributed by atoms with E-state index in [0.29, 0.717) is 12.3 Å². The van der Waals surface area contributed by atoms with Crippen LogP contribution in [0.3, 0.4) is 0 Å². The lowest BCUT2D eigenvalue weighted by molar-refractivity contribution is 0.438. The van der Waals surface area contributed by atoms with Crippen LogP contribution in [0, 0.1) is 0 Å². The second-order valence-electron chi connectivity index (χ2n) is 6.77. The summed E-state index contributed by atoms with van der Waals surface area (Å²) in [5.41, 5.74) is 8.95. The minimum Gasteiger partial charge on any atom is -0.507 e. The second kappa shape index (κ2) is 7.68. The van der Waals surface area contributed by atoms with Crippen LogP contribution in [0.25, 0.3) is 0 Å². The first-order valence-corrected chi connectivity index (χ1v) is 7.95. The topological polar surface area (TPSA) is 46.2 Å². The van der Waals surface area contributed by atoms with Crippen molar-refractivity contribution in [3.05, 3.63) is 28.8 Å². The molecule has 0 spiro atoms. The first kappa shape index (κ1) is 17.0. The van der Waals surface area contributed by atoms with E-state index in [1.165, 1.54) is 25.7 Å². The molecule has 2 heteroatoms. The average molecular weight is 277 g/mol. The Morgan fingerprint density at radius 2 is 1.70 bits per heavy atom. The fourth-order valence-electron chi connectivity index (χ4n) is 2.56. The van der Waals surface area contributed by atoms with Gasteiger partial charge in [-0.1, -0.05) is 65.5 Å². The van der Waals surface area contributed by atoms with E-state index in [0.717, 1.165) is 29.5 Å². The van der Waals surface area contributed by atoms with Gasteiger partial charge in [0.25, 0.3) is 0 Å². The Bertz CT molecular complexity index is 418. The molecule has 0 radical (unpaired) electrons. The largest absolute Gasteiger partial charge is 0.507 e. The number of nitrogens with two attached hydrogens (primary N) is 1. The molecular formula is C18H31NO. The highest BCUT2D eigenvalue weighted by molar-refractivity contribution is 5.47. The van der Waals surface area contributed by atoms with Crippen LogP contribution in [-0.4, -0.2) is 5.11 Å². The molecule has 0 heterocycles. The Labute approximate surface area is 124 Å². The third kappa shape index (κ3) is 4.82. The summed E-state index contributed by atoms with van der Waals surface area (Å²) in [7, 11) is 0. The zero-order valence-electron chi connectivity index (χ0n) is 13.6. The van der Waals surface area contributed by atoms with E-state index < -0.39 is 0 Å². The van der Waals surface area contributed by atoms with Gasteiger partial charge in [-0.15, -0.1) is 0 Å². The van der Waals surface area contributed by atoms with E-state index in [1.807, 2.05) is 0 Å². The van der Waals surface area contributed by atoms with Gasteiger partial charge in [-0.25, -0.2) is 0 Å². The summed E-state index contributed by atoms with van der Waals surface area (Å²) >= 11 is 0. The number of benzene rings is 1. The smallest absolute Gasteiger partial charge is 0.122 e. The van der Waals surface area contributed by atoms with Gasteiger partial charge >= 0.3 is 0 Å². The van der Waals surface area contributed by atoms with Gasteiger partial charge in [0.2, 0.25) is 0 Å². The average Bonchev–Trinajstić information content (AvgIpc) is 2.39. The normalized spacial score (nSPS) is 11.8. The van der Waals surface area contributed by atoms with E-state index >= 15 is 0 Å². The van der Waals surface area contributed by atoms with E-state index in [1.54, 1.807) is 0 Å². The van der Waals surface area contributed by atoms with Gasteiger partial charge in [0, 0.05) is 6.54 Å². The Morgan fingerprint density at radius 3 is 2.25 bits per heavy atom. The van der Waals surface area contributed by atoms with E-state index in [9.17, 15) is 5.11 Å². The maximum atomic E-state index is 10.5. The van der Waals surface area contributed by atoms with Gasteiger partial charge in [0.05, 0.1) is 0 Å². The molecule has 2 nitrogen and oxygen atoms in total. The van der Waals surface area contributed by atoms with Gasteiger partial charge in [-0.05, 0) is 34.9 Å². The number of hydrogen-bond donors (Lipinski definition) is 2. The lowest BCUT2D eigenvalue weighted by Crippen LogP contribution is -2.13. The molecule has 1 aromatic carbocycles. The summed E-state index contributed by atoms with van der Waals surface area (Å²) in [6.07, 6.45) is 7.20. The zero-order valence-corrected chi connectivity index (χ0v) is 13.6. The third-order valence-corrected chi connectivity index (χ3v) is 3.84. The fourth-order valence-corrected chi connectivity index (χ4v) is 2.56. The minimum absolute atomic E-state index is 0.0494. The molecule has 0 unspecified atom stereocenters. The molecule has 1 aromatic rings. The van der Waals surface area contributed by atoms with E-state index in [4.69, 9.17) is 5.73 Å². The lowest BCUT2D eigenvalue weighted by Gasteiger charge is -2.23. The van der Waals surface area contributed by atoms with Crippen LogP contribution in [0.1, 0.15) is 76.5 Å². The number of aromatic hydroxyl groups is 1. The van der Waals surface area contributed by atoms with Crippen molar-refractivity contribution in [1.29, 1.82) is 0 Å². The standard InChI is InChI=1S/C18H31NO/c1-5-6-7-8-9-10-15-11-14(13-19)12-16(17(15)20)18(2,3)4/h11-12,20H,5-10,13,19H2,1-4H3. The van der Waals surface area contributed by atoms with Crippen molar-refractivity contribution in [3.8, 4) is 5.75 Å². The van der Waals surface area contributed by atoms with Crippen LogP contribution in [-0.2, 0) is 18.4 Å². The lowest BCUT2D eigenvalue weighted by atomic mass is 9.83. The van der Waals surface area contributed by atoms with Crippen molar-refractivity contribution in [2.45, 2.75) is 78.2 Å². The van der Waals surface area contributed by atoms with Crippen molar-refractivity contribution in [2.75, 3.05) is 0 Å². The zero-order chi connectivity index (χ0) is 15.2. The van der Waals surface area contributed by atoms with Gasteiger partial charge in [-0.3, -0.25) is 0 Å². The van der Waals surface area contributed by atoms with Crippen LogP contribution >= 0.6 is 0 Å². The summed E-state index contributed by atoms with van der Waals surface area (Å²) in [5.74, 6) is 0.477. The molecule has 0 amide bonds. The number of aryl methyl sites for hydroxylation is 1. The van der Waals surface area contributed by atoms with Gasteiger partial charge in [-0.2, -0.15) is 0 Å². The third-order valence-electron chi connectivity index (χ3n) is 3.84. The molecule has 0 aliphatic rings. The molecule has 0 fully saturated rings. The quantitative estimate of drug-likeness (QED) is 0.712. The molecule has 0 saturated carbocycles. The molecule has 114 valence electrons. The molecule has 0 bridgehead atoms. The van der Waals surface area contributed by atoms with Crippen molar-refractivity contribution in [1.82, 2.24) is 0 Å². The Hall–Kier alpha value is -1.02. The predicted octanol–water partition coefficient (Wildman–Crippen LogP) is 4.66. The van der Waals surface area contributed by atoms with Crippen LogP contribution in [0.4, 0.5) is 0 Å². The summed E-state index contributed by atoms with van der Waals surface area (Å²) in [6, 6.07) is 4.13. The summed E-state index contributed by atoms with van der Waals surface area (Å²) in [4.78, 5) is 0. The first-order chi connectivity index (χ1) is 9.40. The number of rotatable bonds is 7. The van der Waals surface area contributed by atoms with E-state index in [-0.39, 0.29) is 5.41 Å². The van der Waals surface area contributed by atoms with Gasteiger partial charge < -0.3 is 10.8 Å². The van der Waals surface area contributed by atoms with Gasteiger partial charge in [0.1, 0.15) is 5.75 Å². The highest BCUT2D eigenvalue weighted by Crippen LogP contribution is 2.35. The van der Waals surface area contributed by atoms with Crippen LogP contribution in [0.15, 0.2) is 12.1 Å². The maximum absolute atomic E-state index is 10.5.